The lowest BCUT2D eigenvalue weighted by Gasteiger charge is -2.24. The normalized spacial score (nSPS) is 17.0. The average Bonchev–Trinajstić information content (AvgIpc) is 3.66. The highest BCUT2D eigenvalue weighted by molar-refractivity contribution is 6.04. The molecule has 11 heteroatoms. The van der Waals surface area contributed by atoms with Gasteiger partial charge in [-0.3, -0.25) is 19.1 Å². The van der Waals surface area contributed by atoms with E-state index in [4.69, 9.17) is 5.73 Å². The van der Waals surface area contributed by atoms with Crippen LogP contribution >= 0.6 is 0 Å². The summed E-state index contributed by atoms with van der Waals surface area (Å²) in [5.41, 5.74) is 7.70. The van der Waals surface area contributed by atoms with Gasteiger partial charge < -0.3 is 20.9 Å². The molecule has 0 spiro atoms. The summed E-state index contributed by atoms with van der Waals surface area (Å²) in [5.74, 6) is -2.66. The first-order chi connectivity index (χ1) is 19.3. The molecule has 4 N–H and O–H groups in total. The third-order valence-corrected chi connectivity index (χ3v) is 7.17. The van der Waals surface area contributed by atoms with Crippen molar-refractivity contribution in [2.45, 2.75) is 25.2 Å². The largest absolute Gasteiger partial charge is 0.364 e. The number of nitrogens with two attached hydrogens (primary N) is 1. The van der Waals surface area contributed by atoms with E-state index in [2.05, 4.69) is 15.4 Å². The molecule has 2 aromatic heterocycles. The van der Waals surface area contributed by atoms with Crippen molar-refractivity contribution in [1.29, 1.82) is 0 Å². The zero-order valence-corrected chi connectivity index (χ0v) is 21.1. The van der Waals surface area contributed by atoms with E-state index < -0.39 is 35.8 Å². The minimum Gasteiger partial charge on any atom is -0.364 e. The molecule has 1 aliphatic rings. The first-order valence-electron chi connectivity index (χ1n) is 12.7. The summed E-state index contributed by atoms with van der Waals surface area (Å²) in [4.78, 5) is 42.6. The maximum atomic E-state index is 15.5. The molecular weight excluding hydrogens is 518 g/mol. The van der Waals surface area contributed by atoms with Gasteiger partial charge in [-0.05, 0) is 41.3 Å². The molecule has 3 aromatic carbocycles. The number of nitrogens with zero attached hydrogens (tertiary/aromatic N) is 3. The third-order valence-electron chi connectivity index (χ3n) is 7.17. The van der Waals surface area contributed by atoms with Crippen LogP contribution in [0.4, 0.5) is 14.5 Å². The van der Waals surface area contributed by atoms with Crippen LogP contribution in [0.3, 0.4) is 0 Å². The number of rotatable bonds is 6. The number of likely N-dealkylation sites (tertiary alicyclic amines) is 1. The Bertz CT molecular complexity index is 1800. The van der Waals surface area contributed by atoms with E-state index in [1.807, 2.05) is 18.2 Å². The van der Waals surface area contributed by atoms with Gasteiger partial charge in [0, 0.05) is 29.1 Å². The van der Waals surface area contributed by atoms with Crippen molar-refractivity contribution < 1.29 is 23.2 Å². The van der Waals surface area contributed by atoms with Gasteiger partial charge in [0.2, 0.25) is 11.8 Å². The van der Waals surface area contributed by atoms with Gasteiger partial charge in [-0.2, -0.15) is 5.10 Å². The Kier molecular flexibility index (Phi) is 6.25. The summed E-state index contributed by atoms with van der Waals surface area (Å²) < 4.78 is 31.4. The zero-order valence-electron chi connectivity index (χ0n) is 21.1. The van der Waals surface area contributed by atoms with E-state index in [1.54, 1.807) is 48.7 Å². The van der Waals surface area contributed by atoms with Crippen LogP contribution < -0.4 is 11.1 Å². The highest BCUT2D eigenvalue weighted by Gasteiger charge is 2.40. The summed E-state index contributed by atoms with van der Waals surface area (Å²) in [5, 5.41) is 8.11. The molecule has 202 valence electrons. The molecule has 40 heavy (non-hydrogen) atoms. The smallest absolute Gasteiger partial charge is 0.269 e. The molecule has 2 atom stereocenters. The number of hydrogen-bond acceptors (Lipinski definition) is 4. The lowest BCUT2D eigenvalue weighted by molar-refractivity contribution is -0.137. The minimum absolute atomic E-state index is 0.00787. The number of anilines is 1. The van der Waals surface area contributed by atoms with Crippen LogP contribution in [0.25, 0.3) is 32.9 Å². The number of aromatic nitrogens is 3. The maximum absolute atomic E-state index is 15.5. The predicted molar refractivity (Wildman–Crippen MR) is 146 cm³/mol. The Morgan fingerprint density at radius 3 is 2.73 bits per heavy atom. The first-order valence-corrected chi connectivity index (χ1v) is 12.7. The Hall–Kier alpha value is -5.06. The lowest BCUT2D eigenvalue weighted by Crippen LogP contribution is -2.44. The van der Waals surface area contributed by atoms with Crippen LogP contribution in [-0.2, 0) is 16.1 Å². The molecule has 5 aromatic rings. The van der Waals surface area contributed by atoms with Gasteiger partial charge in [-0.25, -0.2) is 8.78 Å². The number of amides is 3. The number of alkyl halides is 1. The third kappa shape index (κ3) is 4.45. The number of fused-ring (bicyclic) bond motifs is 2. The predicted octanol–water partition coefficient (Wildman–Crippen LogP) is 4.00. The van der Waals surface area contributed by atoms with E-state index in [-0.39, 0.29) is 30.9 Å². The van der Waals surface area contributed by atoms with Crippen LogP contribution in [0, 0.1) is 5.82 Å². The van der Waals surface area contributed by atoms with Crippen molar-refractivity contribution in [2.24, 2.45) is 5.73 Å². The van der Waals surface area contributed by atoms with Crippen LogP contribution in [0.2, 0.25) is 0 Å². The summed E-state index contributed by atoms with van der Waals surface area (Å²) in [7, 11) is 0. The quantitative estimate of drug-likeness (QED) is 0.300. The van der Waals surface area contributed by atoms with Crippen molar-refractivity contribution in [3.05, 3.63) is 84.4 Å². The van der Waals surface area contributed by atoms with E-state index in [9.17, 15) is 18.8 Å². The second kappa shape index (κ2) is 9.92. The molecule has 0 saturated carbocycles. The Labute approximate surface area is 226 Å². The average molecular weight is 543 g/mol. The molecule has 0 aliphatic carbocycles. The number of halogens is 2. The standard InChI is InChI=1S/C29H24F2N6O3/c30-18-13-24(36(14-18)25(38)15-37-23-7-2-1-4-20(23)27(35-37)28(32)39)29(40)34-22-6-3-5-19(26(22)31)16-8-9-21-17(12-16)10-11-33-21/h1-12,18,24,33H,13-15H2,(H2,32,39)(H,34,40)/t18-,24+/m1/s1. The number of para-hydroxylation sites is 1. The van der Waals surface area contributed by atoms with Gasteiger partial charge in [-0.15, -0.1) is 0 Å². The Morgan fingerprint density at radius 1 is 1.07 bits per heavy atom. The fraction of sp³-hybridized carbons (Fsp3) is 0.172. The maximum Gasteiger partial charge on any atom is 0.269 e. The Morgan fingerprint density at radius 2 is 1.90 bits per heavy atom. The SMILES string of the molecule is NC(=O)c1nn(CC(=O)N2C[C@H](F)C[C@H]2C(=O)Nc2cccc(-c3ccc4[nH]ccc4c3)c2F)c2ccccc12. The van der Waals surface area contributed by atoms with Crippen LogP contribution in [0.1, 0.15) is 16.9 Å². The van der Waals surface area contributed by atoms with Gasteiger partial charge in [-0.1, -0.05) is 36.4 Å². The summed E-state index contributed by atoms with van der Waals surface area (Å²) in [6.07, 6.45) is 0.134. The molecule has 3 amide bonds. The van der Waals surface area contributed by atoms with Gasteiger partial charge >= 0.3 is 0 Å². The first kappa shape index (κ1) is 25.2. The van der Waals surface area contributed by atoms with Gasteiger partial charge in [0.15, 0.2) is 11.5 Å². The molecule has 6 rings (SSSR count). The second-order valence-corrected chi connectivity index (χ2v) is 9.72. The highest BCUT2D eigenvalue weighted by atomic mass is 19.1. The topological polar surface area (TPSA) is 126 Å². The van der Waals surface area contributed by atoms with Crippen molar-refractivity contribution >= 4 is 45.2 Å². The van der Waals surface area contributed by atoms with E-state index >= 15 is 4.39 Å². The van der Waals surface area contributed by atoms with Gasteiger partial charge in [0.05, 0.1) is 17.7 Å². The van der Waals surface area contributed by atoms with E-state index in [0.717, 1.165) is 15.8 Å². The molecule has 0 unspecified atom stereocenters. The molecule has 1 fully saturated rings. The van der Waals surface area contributed by atoms with Crippen molar-refractivity contribution in [3.8, 4) is 11.1 Å². The van der Waals surface area contributed by atoms with E-state index in [0.29, 0.717) is 22.0 Å². The van der Waals surface area contributed by atoms with Gasteiger partial charge in [0.1, 0.15) is 18.8 Å². The highest BCUT2D eigenvalue weighted by Crippen LogP contribution is 2.31. The fourth-order valence-electron chi connectivity index (χ4n) is 5.25. The number of nitrogens with one attached hydrogen (secondary N) is 2. The monoisotopic (exact) mass is 542 g/mol. The molecular formula is C29H24F2N6O3. The molecule has 3 heterocycles. The number of H-pyrrole nitrogens is 1. The molecule has 9 nitrogen and oxygen atoms in total. The molecule has 0 radical (unpaired) electrons. The lowest BCUT2D eigenvalue weighted by atomic mass is 10.0. The number of hydrogen-bond donors (Lipinski definition) is 3. The zero-order chi connectivity index (χ0) is 28.0. The summed E-state index contributed by atoms with van der Waals surface area (Å²) in [6.45, 7) is -0.631. The van der Waals surface area contributed by atoms with Crippen molar-refractivity contribution in [2.75, 3.05) is 11.9 Å². The van der Waals surface area contributed by atoms with Crippen LogP contribution in [0.5, 0.6) is 0 Å². The van der Waals surface area contributed by atoms with Crippen molar-refractivity contribution in [1.82, 2.24) is 19.7 Å². The number of carbonyl (C=O) groups excluding carboxylic acids is 3. The van der Waals surface area contributed by atoms with Crippen molar-refractivity contribution in [3.63, 3.8) is 0 Å². The summed E-state index contributed by atoms with van der Waals surface area (Å²) in [6, 6.07) is 17.6. The van der Waals surface area contributed by atoms with Crippen LogP contribution in [-0.4, -0.2) is 56.1 Å². The fourth-order valence-corrected chi connectivity index (χ4v) is 5.25. The number of aromatic amines is 1. The number of primary amides is 1. The Balaban J connectivity index is 1.23. The molecule has 1 saturated heterocycles. The number of benzene rings is 3. The van der Waals surface area contributed by atoms with E-state index in [1.165, 1.54) is 10.7 Å². The molecule has 0 bridgehead atoms. The second-order valence-electron chi connectivity index (χ2n) is 9.72. The van der Waals surface area contributed by atoms with Gasteiger partial charge in [0.25, 0.3) is 5.91 Å². The number of carbonyl (C=O) groups is 3. The minimum atomic E-state index is -1.43. The summed E-state index contributed by atoms with van der Waals surface area (Å²) >= 11 is 0. The van der Waals surface area contributed by atoms with Crippen LogP contribution in [0.15, 0.2) is 72.9 Å². The molecule has 1 aliphatic heterocycles.